The van der Waals surface area contributed by atoms with E-state index in [0.29, 0.717) is 26.4 Å². The molecular formula is C17H26N2O4. The first kappa shape index (κ1) is 16.8. The molecule has 2 atom stereocenters. The summed E-state index contributed by atoms with van der Waals surface area (Å²) in [5.41, 5.74) is 1.06. The Balaban J connectivity index is 1.57. The second kappa shape index (κ2) is 9.32. The van der Waals surface area contributed by atoms with Crippen LogP contribution in [-0.4, -0.2) is 64.8 Å². The van der Waals surface area contributed by atoms with Crippen LogP contribution in [0.15, 0.2) is 30.3 Å². The summed E-state index contributed by atoms with van der Waals surface area (Å²) in [5.74, 6) is 0. The molecule has 2 saturated heterocycles. The lowest BCUT2D eigenvalue weighted by atomic mass is 10.2. The van der Waals surface area contributed by atoms with Crippen LogP contribution in [-0.2, 0) is 18.9 Å². The van der Waals surface area contributed by atoms with Crippen molar-refractivity contribution in [3.63, 3.8) is 0 Å². The first-order chi connectivity index (χ1) is 11.4. The van der Waals surface area contributed by atoms with E-state index in [4.69, 9.17) is 18.9 Å². The standard InChI is InChI=1S/C17H26N2O4/c1-2-4-14(5-3-1)17-22-15-12-18-6-8-20-10-11-21-9-7-19-13-16(15)23-17/h1-5,15-19H,6-13H2/t15-,16-/m0/s1. The zero-order chi connectivity index (χ0) is 15.7. The van der Waals surface area contributed by atoms with Gasteiger partial charge in [-0.1, -0.05) is 30.3 Å². The van der Waals surface area contributed by atoms with E-state index in [0.717, 1.165) is 31.7 Å². The third-order valence-electron chi connectivity index (χ3n) is 3.99. The first-order valence-corrected chi connectivity index (χ1v) is 8.36. The molecule has 2 aliphatic rings. The molecular weight excluding hydrogens is 296 g/mol. The molecule has 0 aliphatic carbocycles. The van der Waals surface area contributed by atoms with E-state index in [1.165, 1.54) is 0 Å². The Morgan fingerprint density at radius 1 is 0.739 bits per heavy atom. The van der Waals surface area contributed by atoms with E-state index >= 15 is 0 Å². The highest BCUT2D eigenvalue weighted by Gasteiger charge is 2.36. The molecule has 2 heterocycles. The lowest BCUT2D eigenvalue weighted by molar-refractivity contribution is -0.0683. The molecule has 0 saturated carbocycles. The van der Waals surface area contributed by atoms with Gasteiger partial charge >= 0.3 is 0 Å². The van der Waals surface area contributed by atoms with Gasteiger partial charge in [0.2, 0.25) is 0 Å². The Morgan fingerprint density at radius 3 is 1.87 bits per heavy atom. The van der Waals surface area contributed by atoms with Gasteiger partial charge in [-0.25, -0.2) is 0 Å². The normalized spacial score (nSPS) is 28.9. The van der Waals surface area contributed by atoms with E-state index in [1.54, 1.807) is 0 Å². The van der Waals surface area contributed by atoms with Gasteiger partial charge in [-0.2, -0.15) is 0 Å². The number of nitrogens with one attached hydrogen (secondary N) is 2. The lowest BCUT2D eigenvalue weighted by Gasteiger charge is -2.18. The highest BCUT2D eigenvalue weighted by atomic mass is 16.7. The zero-order valence-electron chi connectivity index (χ0n) is 13.4. The number of hydrogen-bond donors (Lipinski definition) is 2. The molecule has 2 fully saturated rings. The summed E-state index contributed by atoms with van der Waals surface area (Å²) in [4.78, 5) is 0. The topological polar surface area (TPSA) is 61.0 Å². The molecule has 0 aromatic heterocycles. The van der Waals surface area contributed by atoms with Crippen LogP contribution in [0.3, 0.4) is 0 Å². The van der Waals surface area contributed by atoms with Gasteiger partial charge < -0.3 is 29.6 Å². The Morgan fingerprint density at radius 2 is 1.30 bits per heavy atom. The predicted octanol–water partition coefficient (Wildman–Crippen LogP) is 0.695. The molecule has 0 spiro atoms. The van der Waals surface area contributed by atoms with Crippen molar-refractivity contribution in [2.45, 2.75) is 18.5 Å². The fourth-order valence-electron chi connectivity index (χ4n) is 2.75. The van der Waals surface area contributed by atoms with Crippen molar-refractivity contribution in [2.75, 3.05) is 52.6 Å². The van der Waals surface area contributed by atoms with Crippen molar-refractivity contribution in [3.05, 3.63) is 35.9 Å². The second-order valence-corrected chi connectivity index (χ2v) is 5.72. The molecule has 0 unspecified atom stereocenters. The third-order valence-corrected chi connectivity index (χ3v) is 3.99. The Hall–Kier alpha value is -1.02. The van der Waals surface area contributed by atoms with Gasteiger partial charge in [0.25, 0.3) is 0 Å². The summed E-state index contributed by atoms with van der Waals surface area (Å²) in [6, 6.07) is 10.1. The molecule has 2 N–H and O–H groups in total. The third kappa shape index (κ3) is 5.24. The molecule has 2 aliphatic heterocycles. The van der Waals surface area contributed by atoms with Crippen LogP contribution in [0.2, 0.25) is 0 Å². The van der Waals surface area contributed by atoms with Crippen LogP contribution in [0.4, 0.5) is 0 Å². The van der Waals surface area contributed by atoms with Crippen molar-refractivity contribution in [1.29, 1.82) is 0 Å². The Kier molecular flexibility index (Phi) is 6.82. The quantitative estimate of drug-likeness (QED) is 0.793. The molecule has 6 nitrogen and oxygen atoms in total. The zero-order valence-corrected chi connectivity index (χ0v) is 13.4. The van der Waals surface area contributed by atoms with Gasteiger partial charge in [-0.05, 0) is 0 Å². The molecule has 0 amide bonds. The average Bonchev–Trinajstić information content (AvgIpc) is 2.99. The van der Waals surface area contributed by atoms with Crippen LogP contribution < -0.4 is 10.6 Å². The van der Waals surface area contributed by atoms with Crippen molar-refractivity contribution < 1.29 is 18.9 Å². The van der Waals surface area contributed by atoms with Gasteiger partial charge in [-0.3, -0.25) is 0 Å². The summed E-state index contributed by atoms with van der Waals surface area (Å²) < 4.78 is 23.2. The number of benzene rings is 1. The van der Waals surface area contributed by atoms with Crippen LogP contribution >= 0.6 is 0 Å². The van der Waals surface area contributed by atoms with Gasteiger partial charge in [0, 0.05) is 31.7 Å². The molecule has 0 radical (unpaired) electrons. The van der Waals surface area contributed by atoms with E-state index in [-0.39, 0.29) is 18.5 Å². The Labute approximate surface area is 137 Å². The van der Waals surface area contributed by atoms with Gasteiger partial charge in [-0.15, -0.1) is 0 Å². The molecule has 6 heteroatoms. The van der Waals surface area contributed by atoms with E-state index in [9.17, 15) is 0 Å². The van der Waals surface area contributed by atoms with E-state index in [1.807, 2.05) is 30.3 Å². The van der Waals surface area contributed by atoms with Gasteiger partial charge in [0.15, 0.2) is 6.29 Å². The minimum absolute atomic E-state index is 0.0246. The summed E-state index contributed by atoms with van der Waals surface area (Å²) in [5, 5.41) is 6.77. The van der Waals surface area contributed by atoms with Gasteiger partial charge in [0.1, 0.15) is 12.2 Å². The average molecular weight is 322 g/mol. The van der Waals surface area contributed by atoms with E-state index in [2.05, 4.69) is 10.6 Å². The van der Waals surface area contributed by atoms with Gasteiger partial charge in [0.05, 0.1) is 26.4 Å². The predicted molar refractivity (Wildman–Crippen MR) is 86.3 cm³/mol. The Bertz CT molecular complexity index is 423. The number of ether oxygens (including phenoxy) is 4. The van der Waals surface area contributed by atoms with Crippen molar-refractivity contribution in [3.8, 4) is 0 Å². The minimum atomic E-state index is -0.294. The minimum Gasteiger partial charge on any atom is -0.378 e. The highest BCUT2D eigenvalue weighted by Crippen LogP contribution is 2.30. The molecule has 128 valence electrons. The second-order valence-electron chi connectivity index (χ2n) is 5.72. The number of hydrogen-bond acceptors (Lipinski definition) is 6. The summed E-state index contributed by atoms with van der Waals surface area (Å²) in [6.07, 6.45) is -0.244. The maximum atomic E-state index is 6.11. The van der Waals surface area contributed by atoms with Crippen molar-refractivity contribution in [1.82, 2.24) is 10.6 Å². The molecule has 23 heavy (non-hydrogen) atoms. The number of rotatable bonds is 1. The largest absolute Gasteiger partial charge is 0.378 e. The summed E-state index contributed by atoms with van der Waals surface area (Å²) in [7, 11) is 0. The fraction of sp³-hybridized carbons (Fsp3) is 0.647. The fourth-order valence-corrected chi connectivity index (χ4v) is 2.75. The maximum absolute atomic E-state index is 6.11. The van der Waals surface area contributed by atoms with Crippen LogP contribution in [0.1, 0.15) is 11.9 Å². The maximum Gasteiger partial charge on any atom is 0.184 e. The van der Waals surface area contributed by atoms with E-state index < -0.39 is 0 Å². The molecule has 3 rings (SSSR count). The van der Waals surface area contributed by atoms with Crippen LogP contribution in [0.25, 0.3) is 0 Å². The molecule has 1 aromatic carbocycles. The van der Waals surface area contributed by atoms with Crippen LogP contribution in [0.5, 0.6) is 0 Å². The molecule has 1 aromatic rings. The van der Waals surface area contributed by atoms with Crippen LogP contribution in [0, 0.1) is 0 Å². The molecule has 0 bridgehead atoms. The summed E-state index contributed by atoms with van der Waals surface area (Å²) in [6.45, 7) is 5.77. The van der Waals surface area contributed by atoms with Crippen molar-refractivity contribution in [2.24, 2.45) is 0 Å². The first-order valence-electron chi connectivity index (χ1n) is 8.36. The van der Waals surface area contributed by atoms with Crippen molar-refractivity contribution >= 4 is 0 Å². The number of fused-ring (bicyclic) bond motifs is 1. The highest BCUT2D eigenvalue weighted by molar-refractivity contribution is 5.16. The SMILES string of the molecule is c1ccc(C2O[C@H]3CNCCOCCOCCNC[C@@H]3O2)cc1. The lowest BCUT2D eigenvalue weighted by Crippen LogP contribution is -2.41. The smallest absolute Gasteiger partial charge is 0.184 e. The summed E-state index contributed by atoms with van der Waals surface area (Å²) >= 11 is 0. The monoisotopic (exact) mass is 322 g/mol.